The normalized spacial score (nSPS) is 15.2. The molecule has 3 nitrogen and oxygen atoms in total. The van der Waals surface area contributed by atoms with Gasteiger partial charge >= 0.3 is 0 Å². The summed E-state index contributed by atoms with van der Waals surface area (Å²) in [4.78, 5) is 7.30. The predicted octanol–water partition coefficient (Wildman–Crippen LogP) is 4.09. The fourth-order valence-electron chi connectivity index (χ4n) is 2.63. The van der Waals surface area contributed by atoms with Crippen LogP contribution >= 0.6 is 11.6 Å². The van der Waals surface area contributed by atoms with Gasteiger partial charge < -0.3 is 9.30 Å². The molecule has 0 aliphatic heterocycles. The third kappa shape index (κ3) is 2.64. The number of imidazole rings is 1. The maximum Gasteiger partial charge on any atom is 0.152 e. The number of alkyl halides is 1. The van der Waals surface area contributed by atoms with Crippen LogP contribution in [0.4, 0.5) is 5.82 Å². The highest BCUT2D eigenvalue weighted by molar-refractivity contribution is 6.17. The first kappa shape index (κ1) is 13.7. The highest BCUT2D eigenvalue weighted by Gasteiger charge is 2.32. The average Bonchev–Trinajstić information content (AvgIpc) is 3.19. The summed E-state index contributed by atoms with van der Waals surface area (Å²) in [6.07, 6.45) is 5.82. The van der Waals surface area contributed by atoms with Crippen molar-refractivity contribution in [3.05, 3.63) is 30.1 Å². The van der Waals surface area contributed by atoms with Gasteiger partial charge in [-0.15, -0.1) is 11.6 Å². The van der Waals surface area contributed by atoms with E-state index in [0.29, 0.717) is 17.8 Å². The first-order valence-corrected chi connectivity index (χ1v) is 8.02. The van der Waals surface area contributed by atoms with Crippen molar-refractivity contribution in [2.24, 2.45) is 5.92 Å². The number of anilines is 1. The van der Waals surface area contributed by atoms with Gasteiger partial charge in [0.15, 0.2) is 5.82 Å². The van der Waals surface area contributed by atoms with Gasteiger partial charge in [-0.2, -0.15) is 0 Å². The lowest BCUT2D eigenvalue weighted by atomic mass is 10.1. The summed E-state index contributed by atoms with van der Waals surface area (Å²) < 4.78 is 2.12. The lowest BCUT2D eigenvalue weighted by Gasteiger charge is -2.24. The quantitative estimate of drug-likeness (QED) is 0.747. The summed E-state index contributed by atoms with van der Waals surface area (Å²) in [5.41, 5.74) is 2.12. The van der Waals surface area contributed by atoms with Gasteiger partial charge in [0.1, 0.15) is 5.65 Å². The Hall–Kier alpha value is -1.22. The highest BCUT2D eigenvalue weighted by atomic mass is 35.5. The molecule has 2 aromatic rings. The van der Waals surface area contributed by atoms with E-state index < -0.39 is 0 Å². The van der Waals surface area contributed by atoms with Gasteiger partial charge in [-0.1, -0.05) is 19.9 Å². The van der Waals surface area contributed by atoms with Crippen LogP contribution in [0.25, 0.3) is 5.65 Å². The molecule has 0 saturated heterocycles. The summed E-state index contributed by atoms with van der Waals surface area (Å²) in [5, 5.41) is 0. The second kappa shape index (κ2) is 5.65. The second-order valence-corrected chi connectivity index (χ2v) is 6.32. The smallest absolute Gasteiger partial charge is 0.152 e. The summed E-state index contributed by atoms with van der Waals surface area (Å²) >= 11 is 6.20. The molecule has 0 amide bonds. The first-order chi connectivity index (χ1) is 9.70. The fourth-order valence-corrected chi connectivity index (χ4v) is 2.88. The molecule has 0 radical (unpaired) electrons. The minimum Gasteiger partial charge on any atom is -0.352 e. The Labute approximate surface area is 125 Å². The Morgan fingerprint density at radius 1 is 1.40 bits per heavy atom. The standard InChI is InChI=1S/C16H22ClN3/c1-12(2)8-10-19(13-6-7-13)16-14(11-17)20-9-4-3-5-15(20)18-16/h3-5,9,12-13H,6-8,10-11H2,1-2H3. The van der Waals surface area contributed by atoms with Gasteiger partial charge in [-0.25, -0.2) is 4.98 Å². The fraction of sp³-hybridized carbons (Fsp3) is 0.562. The molecule has 0 bridgehead atoms. The third-order valence-electron chi connectivity index (χ3n) is 3.94. The molecule has 1 aliphatic carbocycles. The third-order valence-corrected chi connectivity index (χ3v) is 4.19. The lowest BCUT2D eigenvalue weighted by Crippen LogP contribution is -2.29. The van der Waals surface area contributed by atoms with E-state index in [4.69, 9.17) is 16.6 Å². The molecule has 108 valence electrons. The Balaban J connectivity index is 1.97. The molecule has 3 rings (SSSR count). The van der Waals surface area contributed by atoms with Crippen LogP contribution in [0.3, 0.4) is 0 Å². The Bertz CT molecular complexity index is 586. The van der Waals surface area contributed by atoms with E-state index in [-0.39, 0.29) is 0 Å². The molecule has 0 aromatic carbocycles. The van der Waals surface area contributed by atoms with E-state index in [1.54, 1.807) is 0 Å². The van der Waals surface area contributed by atoms with Crippen LogP contribution in [-0.2, 0) is 5.88 Å². The van der Waals surface area contributed by atoms with Crippen molar-refractivity contribution in [1.29, 1.82) is 0 Å². The molecule has 1 saturated carbocycles. The summed E-state index contributed by atoms with van der Waals surface area (Å²) in [6, 6.07) is 6.78. The Kier molecular flexibility index (Phi) is 3.88. The van der Waals surface area contributed by atoms with E-state index in [2.05, 4.69) is 29.3 Å². The topological polar surface area (TPSA) is 20.5 Å². The first-order valence-electron chi connectivity index (χ1n) is 7.49. The van der Waals surface area contributed by atoms with Crippen molar-refractivity contribution < 1.29 is 0 Å². The lowest BCUT2D eigenvalue weighted by molar-refractivity contribution is 0.568. The molecule has 20 heavy (non-hydrogen) atoms. The zero-order valence-electron chi connectivity index (χ0n) is 12.2. The minimum atomic E-state index is 0.505. The molecule has 4 heteroatoms. The molecule has 0 unspecified atom stereocenters. The molecular formula is C16H22ClN3. The summed E-state index contributed by atoms with van der Waals surface area (Å²) in [7, 11) is 0. The van der Waals surface area contributed by atoms with E-state index in [9.17, 15) is 0 Å². The molecule has 0 atom stereocenters. The van der Waals surface area contributed by atoms with Crippen molar-refractivity contribution in [1.82, 2.24) is 9.38 Å². The van der Waals surface area contributed by atoms with Gasteiger partial charge in [0.2, 0.25) is 0 Å². The Morgan fingerprint density at radius 2 is 2.20 bits per heavy atom. The van der Waals surface area contributed by atoms with Crippen molar-refractivity contribution in [2.75, 3.05) is 11.4 Å². The van der Waals surface area contributed by atoms with Gasteiger partial charge in [0.05, 0.1) is 11.6 Å². The van der Waals surface area contributed by atoms with E-state index in [1.807, 2.05) is 18.2 Å². The van der Waals surface area contributed by atoms with Crippen LogP contribution < -0.4 is 4.90 Å². The van der Waals surface area contributed by atoms with Crippen molar-refractivity contribution in [2.45, 2.75) is 45.0 Å². The average molecular weight is 292 g/mol. The van der Waals surface area contributed by atoms with E-state index in [1.165, 1.54) is 19.3 Å². The predicted molar refractivity (Wildman–Crippen MR) is 84.6 cm³/mol. The van der Waals surface area contributed by atoms with Crippen LogP contribution in [-0.4, -0.2) is 22.0 Å². The van der Waals surface area contributed by atoms with Crippen LogP contribution in [0.1, 0.15) is 38.8 Å². The van der Waals surface area contributed by atoms with Gasteiger partial charge in [0, 0.05) is 18.8 Å². The summed E-state index contributed by atoms with van der Waals surface area (Å²) in [6.45, 7) is 5.63. The maximum absolute atomic E-state index is 6.20. The molecule has 0 N–H and O–H groups in total. The number of rotatable bonds is 6. The Morgan fingerprint density at radius 3 is 2.85 bits per heavy atom. The van der Waals surface area contributed by atoms with Gasteiger partial charge in [-0.3, -0.25) is 0 Å². The van der Waals surface area contributed by atoms with Crippen LogP contribution in [0.15, 0.2) is 24.4 Å². The number of hydrogen-bond donors (Lipinski definition) is 0. The molecular weight excluding hydrogens is 270 g/mol. The number of pyridine rings is 1. The highest BCUT2D eigenvalue weighted by Crippen LogP contribution is 2.34. The maximum atomic E-state index is 6.20. The number of hydrogen-bond acceptors (Lipinski definition) is 2. The van der Waals surface area contributed by atoms with Crippen molar-refractivity contribution >= 4 is 23.1 Å². The van der Waals surface area contributed by atoms with E-state index in [0.717, 1.165) is 23.7 Å². The van der Waals surface area contributed by atoms with Crippen molar-refractivity contribution in [3.63, 3.8) is 0 Å². The zero-order valence-corrected chi connectivity index (χ0v) is 13.0. The number of nitrogens with zero attached hydrogens (tertiary/aromatic N) is 3. The monoisotopic (exact) mass is 291 g/mol. The largest absolute Gasteiger partial charge is 0.352 e. The molecule has 2 aromatic heterocycles. The van der Waals surface area contributed by atoms with Crippen LogP contribution in [0, 0.1) is 5.92 Å². The molecule has 2 heterocycles. The van der Waals surface area contributed by atoms with Gasteiger partial charge in [-0.05, 0) is 37.3 Å². The summed E-state index contributed by atoms with van der Waals surface area (Å²) in [5.74, 6) is 2.31. The SMILES string of the molecule is CC(C)CCN(c1nc2ccccn2c1CCl)C1CC1. The van der Waals surface area contributed by atoms with Crippen molar-refractivity contribution in [3.8, 4) is 0 Å². The minimum absolute atomic E-state index is 0.505. The van der Waals surface area contributed by atoms with Gasteiger partial charge in [0.25, 0.3) is 0 Å². The second-order valence-electron chi connectivity index (χ2n) is 6.05. The number of aromatic nitrogens is 2. The zero-order chi connectivity index (χ0) is 14.1. The molecule has 0 spiro atoms. The molecule has 1 fully saturated rings. The van der Waals surface area contributed by atoms with E-state index >= 15 is 0 Å². The van der Waals surface area contributed by atoms with Crippen LogP contribution in [0.5, 0.6) is 0 Å². The number of halogens is 1. The van der Waals surface area contributed by atoms with Crippen LogP contribution in [0.2, 0.25) is 0 Å². The number of fused-ring (bicyclic) bond motifs is 1. The molecule has 1 aliphatic rings.